The van der Waals surface area contributed by atoms with Gasteiger partial charge in [-0.05, 0) is 0 Å². The molecule has 2 aromatic rings. The van der Waals surface area contributed by atoms with Crippen LogP contribution < -0.4 is 5.11 Å². The van der Waals surface area contributed by atoms with E-state index in [1.165, 1.54) is 26.2 Å². The normalized spacial score (nSPS) is 12.1. The standard InChI is InChI=1S/C16H13F3N2O4/c1-21(2)8-10(14(22)16(17,18)19)13-11(15(23)24)12(20-25-13)9-6-4-3-5-7-9/h3-8H,1-2H3,(H,23,24)/p-1. The molecule has 0 N–H and O–H groups in total. The maximum atomic E-state index is 12.9. The number of halogens is 3. The second kappa shape index (κ2) is 6.80. The van der Waals surface area contributed by atoms with Crippen molar-refractivity contribution in [2.75, 3.05) is 14.1 Å². The van der Waals surface area contributed by atoms with Gasteiger partial charge in [0, 0.05) is 25.9 Å². The van der Waals surface area contributed by atoms with Gasteiger partial charge in [0.05, 0.1) is 17.1 Å². The van der Waals surface area contributed by atoms with Crippen molar-refractivity contribution in [3.63, 3.8) is 0 Å². The van der Waals surface area contributed by atoms with Crippen molar-refractivity contribution < 1.29 is 32.4 Å². The summed E-state index contributed by atoms with van der Waals surface area (Å²) in [6, 6.07) is 7.82. The minimum atomic E-state index is -5.22. The van der Waals surface area contributed by atoms with Crippen LogP contribution in [0.2, 0.25) is 0 Å². The Kier molecular flexibility index (Phi) is 4.96. The van der Waals surface area contributed by atoms with E-state index in [1.807, 2.05) is 0 Å². The molecule has 0 bridgehead atoms. The zero-order valence-corrected chi connectivity index (χ0v) is 13.1. The lowest BCUT2D eigenvalue weighted by molar-refractivity contribution is -0.255. The number of carbonyl (C=O) groups excluding carboxylic acids is 2. The van der Waals surface area contributed by atoms with Crippen molar-refractivity contribution in [3.8, 4) is 11.3 Å². The molecule has 132 valence electrons. The molecule has 1 aromatic heterocycles. The molecule has 0 saturated heterocycles. The molecule has 1 aromatic carbocycles. The van der Waals surface area contributed by atoms with E-state index < -0.39 is 34.8 Å². The van der Waals surface area contributed by atoms with Crippen LogP contribution in [0.3, 0.4) is 0 Å². The van der Waals surface area contributed by atoms with Crippen LogP contribution in [0.5, 0.6) is 0 Å². The van der Waals surface area contributed by atoms with Crippen molar-refractivity contribution in [2.24, 2.45) is 0 Å². The van der Waals surface area contributed by atoms with Gasteiger partial charge in [-0.25, -0.2) is 0 Å². The Balaban J connectivity index is 2.70. The fourth-order valence-electron chi connectivity index (χ4n) is 2.09. The number of carbonyl (C=O) groups is 2. The minimum Gasteiger partial charge on any atom is -0.545 e. The van der Waals surface area contributed by atoms with E-state index in [4.69, 9.17) is 4.52 Å². The van der Waals surface area contributed by atoms with E-state index in [0.717, 1.165) is 11.1 Å². The Hall–Kier alpha value is -3.10. The molecule has 6 nitrogen and oxygen atoms in total. The number of Topliss-reactive ketones (excluding diaryl/α,β-unsaturated/α-hetero) is 1. The zero-order chi connectivity index (χ0) is 18.8. The lowest BCUT2D eigenvalue weighted by Crippen LogP contribution is -2.28. The van der Waals surface area contributed by atoms with E-state index in [1.54, 1.807) is 18.2 Å². The average molecular weight is 353 g/mol. The summed E-state index contributed by atoms with van der Waals surface area (Å²) in [5, 5.41) is 15.0. The van der Waals surface area contributed by atoms with Gasteiger partial charge < -0.3 is 19.3 Å². The fourth-order valence-corrected chi connectivity index (χ4v) is 2.09. The summed E-state index contributed by atoms with van der Waals surface area (Å²) < 4.78 is 43.4. The number of aromatic nitrogens is 1. The van der Waals surface area contributed by atoms with Gasteiger partial charge in [-0.15, -0.1) is 0 Å². The number of benzene rings is 1. The summed E-state index contributed by atoms with van der Waals surface area (Å²) >= 11 is 0. The van der Waals surface area contributed by atoms with Crippen LogP contribution in [0.1, 0.15) is 16.1 Å². The smallest absolute Gasteiger partial charge is 0.455 e. The van der Waals surface area contributed by atoms with Crippen LogP contribution in [0.15, 0.2) is 41.1 Å². The average Bonchev–Trinajstić information content (AvgIpc) is 2.96. The molecule has 0 saturated carbocycles. The molecule has 1 heterocycles. The summed E-state index contributed by atoms with van der Waals surface area (Å²) in [4.78, 5) is 24.4. The van der Waals surface area contributed by atoms with E-state index in [-0.39, 0.29) is 5.69 Å². The third-order valence-corrected chi connectivity index (χ3v) is 3.08. The van der Waals surface area contributed by atoms with Crippen LogP contribution in [0.25, 0.3) is 16.8 Å². The predicted molar refractivity (Wildman–Crippen MR) is 79.0 cm³/mol. The van der Waals surface area contributed by atoms with Gasteiger partial charge in [-0.1, -0.05) is 35.5 Å². The number of allylic oxidation sites excluding steroid dienone is 1. The van der Waals surface area contributed by atoms with Gasteiger partial charge in [0.1, 0.15) is 5.69 Å². The lowest BCUT2D eigenvalue weighted by Gasteiger charge is -2.13. The first-order chi connectivity index (χ1) is 11.6. The van der Waals surface area contributed by atoms with Gasteiger partial charge in [0.2, 0.25) is 0 Å². The summed E-state index contributed by atoms with van der Waals surface area (Å²) in [6.45, 7) is 0. The Labute approximate surface area is 140 Å². The maximum Gasteiger partial charge on any atom is 0.455 e. The number of rotatable bonds is 5. The molecular weight excluding hydrogens is 341 g/mol. The van der Waals surface area contributed by atoms with Crippen LogP contribution in [-0.2, 0) is 4.79 Å². The van der Waals surface area contributed by atoms with E-state index >= 15 is 0 Å². The first-order valence-electron chi connectivity index (χ1n) is 6.89. The fraction of sp³-hybridized carbons (Fsp3) is 0.188. The summed E-state index contributed by atoms with van der Waals surface area (Å²) in [7, 11) is 2.74. The van der Waals surface area contributed by atoms with Crippen LogP contribution in [0, 0.1) is 0 Å². The molecule has 9 heteroatoms. The number of hydrogen-bond acceptors (Lipinski definition) is 6. The highest BCUT2D eigenvalue weighted by atomic mass is 19.4. The molecule has 0 unspecified atom stereocenters. The topological polar surface area (TPSA) is 86.5 Å². The molecule has 2 rings (SSSR count). The molecule has 0 radical (unpaired) electrons. The number of nitrogens with zero attached hydrogens (tertiary/aromatic N) is 2. The van der Waals surface area contributed by atoms with Crippen LogP contribution in [0.4, 0.5) is 13.2 Å². The number of carboxylic acid groups (broad SMARTS) is 1. The number of ketones is 1. The highest BCUT2D eigenvalue weighted by molar-refractivity contribution is 6.24. The minimum absolute atomic E-state index is 0.227. The molecule has 0 aliphatic carbocycles. The van der Waals surface area contributed by atoms with Gasteiger partial charge in [0.25, 0.3) is 5.78 Å². The molecule has 0 aliphatic heterocycles. The van der Waals surface area contributed by atoms with Crippen molar-refractivity contribution in [1.29, 1.82) is 0 Å². The van der Waals surface area contributed by atoms with Gasteiger partial charge in [-0.3, -0.25) is 4.79 Å². The molecule has 0 fully saturated rings. The van der Waals surface area contributed by atoms with Crippen LogP contribution in [-0.4, -0.2) is 42.1 Å². The van der Waals surface area contributed by atoms with Gasteiger partial charge in [0.15, 0.2) is 5.76 Å². The SMILES string of the molecule is CN(C)C=C(C(=O)C(F)(F)F)c1onc(-c2ccccc2)c1C(=O)[O-]. The monoisotopic (exact) mass is 353 g/mol. The first kappa shape index (κ1) is 18.2. The molecule has 0 spiro atoms. The van der Waals surface area contributed by atoms with E-state index in [9.17, 15) is 27.9 Å². The molecule has 25 heavy (non-hydrogen) atoms. The van der Waals surface area contributed by atoms with Crippen LogP contribution >= 0.6 is 0 Å². The lowest BCUT2D eigenvalue weighted by atomic mass is 10.0. The third kappa shape index (κ3) is 3.87. The largest absolute Gasteiger partial charge is 0.545 e. The number of alkyl halides is 3. The Morgan fingerprint density at radius 2 is 1.80 bits per heavy atom. The highest BCUT2D eigenvalue weighted by Gasteiger charge is 2.43. The summed E-state index contributed by atoms with van der Waals surface area (Å²) in [5.74, 6) is -4.87. The predicted octanol–water partition coefficient (Wildman–Crippen LogP) is 1.74. The number of aromatic carboxylic acids is 1. The Bertz CT molecular complexity index is 824. The maximum absolute atomic E-state index is 12.9. The zero-order valence-electron chi connectivity index (χ0n) is 13.1. The van der Waals surface area contributed by atoms with Crippen molar-refractivity contribution in [3.05, 3.63) is 47.9 Å². The van der Waals surface area contributed by atoms with Gasteiger partial charge >= 0.3 is 6.18 Å². The summed E-state index contributed by atoms with van der Waals surface area (Å²) in [6.07, 6.45) is -4.40. The molecular formula is C16H12F3N2O4-. The van der Waals surface area contributed by atoms with E-state index in [0.29, 0.717) is 5.56 Å². The number of carboxylic acids is 1. The van der Waals surface area contributed by atoms with Gasteiger partial charge in [-0.2, -0.15) is 13.2 Å². The second-order valence-corrected chi connectivity index (χ2v) is 5.22. The Morgan fingerprint density at radius 1 is 1.20 bits per heavy atom. The molecule has 0 amide bonds. The molecule has 0 atom stereocenters. The second-order valence-electron chi connectivity index (χ2n) is 5.22. The molecule has 0 aliphatic rings. The third-order valence-electron chi connectivity index (χ3n) is 3.08. The number of hydrogen-bond donors (Lipinski definition) is 0. The van der Waals surface area contributed by atoms with E-state index in [2.05, 4.69) is 5.16 Å². The van der Waals surface area contributed by atoms with Crippen molar-refractivity contribution in [2.45, 2.75) is 6.18 Å². The quantitative estimate of drug-likeness (QED) is 0.761. The Morgan fingerprint density at radius 3 is 2.28 bits per heavy atom. The highest BCUT2D eigenvalue weighted by Crippen LogP contribution is 2.33. The summed E-state index contributed by atoms with van der Waals surface area (Å²) in [5.41, 5.74) is -1.64. The van der Waals surface area contributed by atoms with Crippen molar-refractivity contribution >= 4 is 17.3 Å². The first-order valence-corrected chi connectivity index (χ1v) is 6.89. The van der Waals surface area contributed by atoms with Crippen molar-refractivity contribution in [1.82, 2.24) is 10.1 Å².